The minimum atomic E-state index is -4.71. The molecule has 112 valence electrons. The largest absolute Gasteiger partial charge is 0.573 e. The fourth-order valence-corrected chi connectivity index (χ4v) is 1.88. The fraction of sp³-hybridized carbons (Fsp3) is 0.417. The van der Waals surface area contributed by atoms with Crippen LogP contribution in [0.2, 0.25) is 0 Å². The summed E-state index contributed by atoms with van der Waals surface area (Å²) in [4.78, 5) is 11.7. The summed E-state index contributed by atoms with van der Waals surface area (Å²) in [6.45, 7) is 0.802. The van der Waals surface area contributed by atoms with E-state index in [-0.39, 0.29) is 30.1 Å². The minimum Gasteiger partial charge on any atom is -0.406 e. The van der Waals surface area contributed by atoms with Crippen LogP contribution in [0.15, 0.2) is 24.3 Å². The smallest absolute Gasteiger partial charge is 0.406 e. The van der Waals surface area contributed by atoms with E-state index in [1.807, 2.05) is 0 Å². The Hall–Kier alpha value is -1.47. The van der Waals surface area contributed by atoms with Crippen molar-refractivity contribution in [3.63, 3.8) is 0 Å². The second-order valence-electron chi connectivity index (χ2n) is 4.21. The molecular formula is C12H14ClF3N2O2. The maximum absolute atomic E-state index is 12.0. The average molecular weight is 311 g/mol. The molecule has 1 heterocycles. The molecule has 0 aliphatic carbocycles. The lowest BCUT2D eigenvalue weighted by atomic mass is 10.2. The Kier molecular flexibility index (Phi) is 5.64. The van der Waals surface area contributed by atoms with Crippen LogP contribution in [0.1, 0.15) is 12.8 Å². The molecule has 0 spiro atoms. The van der Waals surface area contributed by atoms with Gasteiger partial charge in [-0.15, -0.1) is 25.6 Å². The van der Waals surface area contributed by atoms with Crippen molar-refractivity contribution < 1.29 is 22.7 Å². The summed E-state index contributed by atoms with van der Waals surface area (Å²) in [5, 5.41) is 5.67. The van der Waals surface area contributed by atoms with Crippen molar-refractivity contribution in [1.29, 1.82) is 0 Å². The maximum Gasteiger partial charge on any atom is 0.573 e. The highest BCUT2D eigenvalue weighted by Crippen LogP contribution is 2.24. The van der Waals surface area contributed by atoms with E-state index in [1.54, 1.807) is 0 Å². The molecule has 2 N–H and O–H groups in total. The van der Waals surface area contributed by atoms with E-state index in [0.29, 0.717) is 5.69 Å². The lowest BCUT2D eigenvalue weighted by molar-refractivity contribution is -0.274. The highest BCUT2D eigenvalue weighted by molar-refractivity contribution is 5.95. The van der Waals surface area contributed by atoms with Gasteiger partial charge in [-0.3, -0.25) is 4.79 Å². The molecule has 8 heteroatoms. The number of ether oxygens (including phenoxy) is 1. The maximum atomic E-state index is 12.0. The molecule has 2 rings (SSSR count). The topological polar surface area (TPSA) is 50.4 Å². The normalized spacial score (nSPS) is 18.2. The molecule has 1 fully saturated rings. The number of alkyl halides is 3. The molecule has 1 atom stereocenters. The highest BCUT2D eigenvalue weighted by atomic mass is 35.5. The van der Waals surface area contributed by atoms with Crippen LogP contribution >= 0.6 is 12.4 Å². The standard InChI is InChI=1S/C12H13F3N2O2.ClH/c13-12(14,15)19-9-5-3-8(4-6-9)17-11(18)10-2-1-7-16-10;/h3-6,10,16H,1-2,7H2,(H,17,18);1H/t10-;/m0./s1. The van der Waals surface area contributed by atoms with E-state index in [9.17, 15) is 18.0 Å². The molecule has 1 aliphatic heterocycles. The van der Waals surface area contributed by atoms with Crippen molar-refractivity contribution >= 4 is 24.0 Å². The molecular weight excluding hydrogens is 297 g/mol. The SMILES string of the molecule is Cl.O=C(Nc1ccc(OC(F)(F)F)cc1)[C@@H]1CCCN1. The van der Waals surface area contributed by atoms with E-state index < -0.39 is 6.36 Å². The third kappa shape index (κ3) is 4.90. The van der Waals surface area contributed by atoms with Gasteiger partial charge in [0.15, 0.2) is 0 Å². The third-order valence-corrected chi connectivity index (χ3v) is 2.73. The number of carbonyl (C=O) groups is 1. The molecule has 1 aliphatic rings. The van der Waals surface area contributed by atoms with Crippen molar-refractivity contribution in [3.8, 4) is 5.75 Å². The minimum absolute atomic E-state index is 0. The van der Waals surface area contributed by atoms with Crippen molar-refractivity contribution in [2.45, 2.75) is 25.2 Å². The predicted molar refractivity (Wildman–Crippen MR) is 70.0 cm³/mol. The summed E-state index contributed by atoms with van der Waals surface area (Å²) in [6.07, 6.45) is -3.00. The van der Waals surface area contributed by atoms with E-state index in [4.69, 9.17) is 0 Å². The summed E-state index contributed by atoms with van der Waals surface area (Å²) >= 11 is 0. The second-order valence-corrected chi connectivity index (χ2v) is 4.21. The molecule has 1 saturated heterocycles. The number of amides is 1. The number of halogens is 4. The second kappa shape index (κ2) is 6.81. The molecule has 0 aromatic heterocycles. The number of anilines is 1. The zero-order valence-corrected chi connectivity index (χ0v) is 11.2. The van der Waals surface area contributed by atoms with E-state index in [2.05, 4.69) is 15.4 Å². The summed E-state index contributed by atoms with van der Waals surface area (Å²) in [5.41, 5.74) is 0.438. The first-order chi connectivity index (χ1) is 8.94. The quantitative estimate of drug-likeness (QED) is 0.902. The lowest BCUT2D eigenvalue weighted by Gasteiger charge is -2.12. The molecule has 1 amide bonds. The summed E-state index contributed by atoms with van der Waals surface area (Å²) < 4.78 is 39.6. The number of benzene rings is 1. The van der Waals surface area contributed by atoms with E-state index in [1.165, 1.54) is 12.1 Å². The summed E-state index contributed by atoms with van der Waals surface area (Å²) in [5.74, 6) is -0.494. The first-order valence-corrected chi connectivity index (χ1v) is 5.84. The molecule has 0 saturated carbocycles. The Balaban J connectivity index is 0.00000200. The van der Waals surface area contributed by atoms with E-state index in [0.717, 1.165) is 31.5 Å². The first-order valence-electron chi connectivity index (χ1n) is 5.84. The lowest BCUT2D eigenvalue weighted by Crippen LogP contribution is -2.35. The number of carbonyl (C=O) groups excluding carboxylic acids is 1. The van der Waals surface area contributed by atoms with Gasteiger partial charge in [0.1, 0.15) is 5.75 Å². The molecule has 4 nitrogen and oxygen atoms in total. The Morgan fingerprint density at radius 3 is 2.45 bits per heavy atom. The number of nitrogens with one attached hydrogen (secondary N) is 2. The predicted octanol–water partition coefficient (Wildman–Crippen LogP) is 2.70. The zero-order valence-electron chi connectivity index (χ0n) is 10.4. The van der Waals surface area contributed by atoms with Crippen LogP contribution in [-0.2, 0) is 4.79 Å². The highest BCUT2D eigenvalue weighted by Gasteiger charge is 2.31. The van der Waals surface area contributed by atoms with Gasteiger partial charge in [-0.2, -0.15) is 0 Å². The van der Waals surface area contributed by atoms with Crippen molar-refractivity contribution in [2.75, 3.05) is 11.9 Å². The molecule has 1 aromatic carbocycles. The Morgan fingerprint density at radius 1 is 1.30 bits per heavy atom. The van der Waals surface area contributed by atoms with Crippen molar-refractivity contribution in [2.24, 2.45) is 0 Å². The molecule has 0 bridgehead atoms. The van der Waals surface area contributed by atoms with Gasteiger partial charge in [0.2, 0.25) is 5.91 Å². The van der Waals surface area contributed by atoms with Crippen LogP contribution in [0.4, 0.5) is 18.9 Å². The molecule has 1 aromatic rings. The van der Waals surface area contributed by atoms with Crippen LogP contribution in [0.3, 0.4) is 0 Å². The number of hydrogen-bond acceptors (Lipinski definition) is 3. The van der Waals surface area contributed by atoms with Gasteiger partial charge in [-0.1, -0.05) is 0 Å². The average Bonchev–Trinajstić information content (AvgIpc) is 2.83. The molecule has 0 radical (unpaired) electrons. The number of rotatable bonds is 3. The van der Waals surface area contributed by atoms with Gasteiger partial charge >= 0.3 is 6.36 Å². The van der Waals surface area contributed by atoms with Crippen LogP contribution in [0, 0.1) is 0 Å². The summed E-state index contributed by atoms with van der Waals surface area (Å²) in [6, 6.07) is 4.82. The Morgan fingerprint density at radius 2 is 1.95 bits per heavy atom. The first kappa shape index (κ1) is 16.6. The molecule has 20 heavy (non-hydrogen) atoms. The van der Waals surface area contributed by atoms with Gasteiger partial charge in [0, 0.05) is 5.69 Å². The zero-order chi connectivity index (χ0) is 13.9. The number of hydrogen-bond donors (Lipinski definition) is 2. The monoisotopic (exact) mass is 310 g/mol. The van der Waals surface area contributed by atoms with Crippen molar-refractivity contribution in [1.82, 2.24) is 5.32 Å². The van der Waals surface area contributed by atoms with Crippen molar-refractivity contribution in [3.05, 3.63) is 24.3 Å². The van der Waals surface area contributed by atoms with Gasteiger partial charge in [-0.25, -0.2) is 0 Å². The van der Waals surface area contributed by atoms with E-state index >= 15 is 0 Å². The Labute approximate surface area is 120 Å². The van der Waals surface area contributed by atoms with Gasteiger partial charge in [-0.05, 0) is 43.7 Å². The summed E-state index contributed by atoms with van der Waals surface area (Å²) in [7, 11) is 0. The van der Waals surface area contributed by atoms with Crippen LogP contribution in [0.25, 0.3) is 0 Å². The third-order valence-electron chi connectivity index (χ3n) is 2.73. The van der Waals surface area contributed by atoms with Crippen LogP contribution in [-0.4, -0.2) is 24.9 Å². The molecule has 0 unspecified atom stereocenters. The van der Waals surface area contributed by atoms with Crippen LogP contribution in [0.5, 0.6) is 5.75 Å². The fourth-order valence-electron chi connectivity index (χ4n) is 1.88. The van der Waals surface area contributed by atoms with Gasteiger partial charge in [0.05, 0.1) is 6.04 Å². The Bertz CT molecular complexity index is 445. The van der Waals surface area contributed by atoms with Crippen LogP contribution < -0.4 is 15.4 Å². The van der Waals surface area contributed by atoms with Gasteiger partial charge in [0.25, 0.3) is 0 Å². The van der Waals surface area contributed by atoms with Gasteiger partial charge < -0.3 is 15.4 Å².